The van der Waals surface area contributed by atoms with Crippen LogP contribution in [0.1, 0.15) is 44.3 Å². The summed E-state index contributed by atoms with van der Waals surface area (Å²) in [6.45, 7) is 6.12. The van der Waals surface area contributed by atoms with Crippen LogP contribution < -0.4 is 10.6 Å². The molecule has 156 valence electrons. The first-order valence-corrected chi connectivity index (χ1v) is 10.6. The van der Waals surface area contributed by atoms with Crippen molar-refractivity contribution in [3.8, 4) is 0 Å². The first kappa shape index (κ1) is 22.2. The molecule has 1 aromatic carbocycles. The molecule has 6 nitrogen and oxygen atoms in total. The normalized spacial score (nSPS) is 12.1. The van der Waals surface area contributed by atoms with Gasteiger partial charge in [0.15, 0.2) is 5.96 Å². The number of aromatic nitrogens is 2. The molecule has 0 saturated heterocycles. The van der Waals surface area contributed by atoms with Gasteiger partial charge in [-0.25, -0.2) is 4.98 Å². The Kier molecular flexibility index (Phi) is 9.83. The molecule has 0 saturated carbocycles. The van der Waals surface area contributed by atoms with Gasteiger partial charge in [0.25, 0.3) is 0 Å². The van der Waals surface area contributed by atoms with E-state index in [1.54, 1.807) is 0 Å². The van der Waals surface area contributed by atoms with E-state index in [0.29, 0.717) is 0 Å². The molecule has 0 bridgehead atoms. The smallest absolute Gasteiger partial charge is 0.190 e. The van der Waals surface area contributed by atoms with Gasteiger partial charge < -0.3 is 20.1 Å². The first-order valence-electron chi connectivity index (χ1n) is 10.6. The summed E-state index contributed by atoms with van der Waals surface area (Å²) in [5.74, 6) is 1.98. The van der Waals surface area contributed by atoms with E-state index in [1.165, 1.54) is 44.2 Å². The maximum atomic E-state index is 4.63. The molecule has 0 amide bonds. The predicted molar refractivity (Wildman–Crippen MR) is 120 cm³/mol. The second kappa shape index (κ2) is 12.4. The SMILES string of the molecule is CN=C(NCCCCCCCN(C)C)NCCCn1c(C)nc2ccccc21. The zero-order chi connectivity index (χ0) is 20.2. The number of rotatable bonds is 12. The monoisotopic (exact) mass is 386 g/mol. The molecule has 0 radical (unpaired) electrons. The van der Waals surface area contributed by atoms with E-state index in [0.717, 1.165) is 43.4 Å². The minimum atomic E-state index is 0.899. The molecule has 0 fully saturated rings. The van der Waals surface area contributed by atoms with Gasteiger partial charge in [-0.05, 0) is 59.0 Å². The molecular formula is C22H38N6. The molecule has 0 unspecified atom stereocenters. The lowest BCUT2D eigenvalue weighted by Crippen LogP contribution is -2.38. The second-order valence-electron chi connectivity index (χ2n) is 7.65. The highest BCUT2D eigenvalue weighted by molar-refractivity contribution is 5.79. The van der Waals surface area contributed by atoms with Crippen LogP contribution in [0.25, 0.3) is 11.0 Å². The Morgan fingerprint density at radius 3 is 2.43 bits per heavy atom. The Labute approximate surface area is 170 Å². The van der Waals surface area contributed by atoms with Gasteiger partial charge in [0, 0.05) is 26.7 Å². The molecule has 0 aliphatic rings. The third-order valence-corrected chi connectivity index (χ3v) is 4.99. The first-order chi connectivity index (χ1) is 13.6. The van der Waals surface area contributed by atoms with E-state index in [-0.39, 0.29) is 0 Å². The van der Waals surface area contributed by atoms with Gasteiger partial charge in [-0.1, -0.05) is 31.4 Å². The number of nitrogens with zero attached hydrogens (tertiary/aromatic N) is 4. The Hall–Kier alpha value is -2.08. The molecule has 2 aromatic rings. The maximum absolute atomic E-state index is 4.63. The van der Waals surface area contributed by atoms with E-state index in [4.69, 9.17) is 0 Å². The van der Waals surface area contributed by atoms with E-state index in [9.17, 15) is 0 Å². The Balaban J connectivity index is 1.58. The number of fused-ring (bicyclic) bond motifs is 1. The zero-order valence-corrected chi connectivity index (χ0v) is 18.2. The molecule has 0 aliphatic heterocycles. The molecule has 1 aromatic heterocycles. The average Bonchev–Trinajstić information content (AvgIpc) is 3.00. The standard InChI is InChI=1S/C22H38N6/c1-19-26-20-13-8-9-14-21(20)28(19)18-12-16-25-22(23-2)24-15-10-6-5-7-11-17-27(3)4/h8-9,13-14H,5-7,10-12,15-18H2,1-4H3,(H2,23,24,25). The molecule has 2 N–H and O–H groups in total. The van der Waals surface area contributed by atoms with Crippen LogP contribution in [-0.4, -0.2) is 61.2 Å². The number of aliphatic imine (C=N–C) groups is 1. The molecule has 28 heavy (non-hydrogen) atoms. The summed E-state index contributed by atoms with van der Waals surface area (Å²) in [4.78, 5) is 11.2. The highest BCUT2D eigenvalue weighted by Crippen LogP contribution is 2.15. The largest absolute Gasteiger partial charge is 0.356 e. The summed E-state index contributed by atoms with van der Waals surface area (Å²) in [7, 11) is 6.12. The number of hydrogen-bond donors (Lipinski definition) is 2. The van der Waals surface area contributed by atoms with E-state index in [1.807, 2.05) is 13.1 Å². The van der Waals surface area contributed by atoms with E-state index in [2.05, 4.69) is 69.3 Å². The van der Waals surface area contributed by atoms with Crippen LogP contribution in [0.15, 0.2) is 29.3 Å². The Bertz CT molecular complexity index is 719. The third-order valence-electron chi connectivity index (χ3n) is 4.99. The summed E-state index contributed by atoms with van der Waals surface area (Å²) in [6, 6.07) is 8.33. The van der Waals surface area contributed by atoms with Crippen molar-refractivity contribution in [2.45, 2.75) is 52.0 Å². The fourth-order valence-corrected chi connectivity index (χ4v) is 3.43. The lowest BCUT2D eigenvalue weighted by Gasteiger charge is -2.13. The predicted octanol–water partition coefficient (Wildman–Crippen LogP) is 3.41. The number of hydrogen-bond acceptors (Lipinski definition) is 3. The highest BCUT2D eigenvalue weighted by atomic mass is 15.2. The molecule has 0 atom stereocenters. The molecular weight excluding hydrogens is 348 g/mol. The van der Waals surface area contributed by atoms with Gasteiger partial charge in [0.1, 0.15) is 5.82 Å². The van der Waals surface area contributed by atoms with Crippen LogP contribution in [0.5, 0.6) is 0 Å². The summed E-state index contributed by atoms with van der Waals surface area (Å²) < 4.78 is 2.30. The van der Waals surface area contributed by atoms with E-state index < -0.39 is 0 Å². The summed E-state index contributed by atoms with van der Waals surface area (Å²) in [5.41, 5.74) is 2.29. The lowest BCUT2D eigenvalue weighted by molar-refractivity contribution is 0.389. The lowest BCUT2D eigenvalue weighted by atomic mass is 10.1. The minimum absolute atomic E-state index is 0.899. The highest BCUT2D eigenvalue weighted by Gasteiger charge is 2.06. The van der Waals surface area contributed by atoms with Crippen molar-refractivity contribution in [2.75, 3.05) is 40.8 Å². The number of benzene rings is 1. The number of nitrogens with one attached hydrogen (secondary N) is 2. The van der Waals surface area contributed by atoms with Gasteiger partial charge in [-0.2, -0.15) is 0 Å². The van der Waals surface area contributed by atoms with Crippen LogP contribution in [0.2, 0.25) is 0 Å². The van der Waals surface area contributed by atoms with Gasteiger partial charge in [-0.3, -0.25) is 4.99 Å². The number of para-hydroxylation sites is 2. The maximum Gasteiger partial charge on any atom is 0.190 e. The fourth-order valence-electron chi connectivity index (χ4n) is 3.43. The Morgan fingerprint density at radius 1 is 1.00 bits per heavy atom. The van der Waals surface area contributed by atoms with Crippen molar-refractivity contribution in [3.63, 3.8) is 0 Å². The number of unbranched alkanes of at least 4 members (excludes halogenated alkanes) is 4. The van der Waals surface area contributed by atoms with Gasteiger partial charge in [-0.15, -0.1) is 0 Å². The Morgan fingerprint density at radius 2 is 1.68 bits per heavy atom. The molecule has 0 spiro atoms. The summed E-state index contributed by atoms with van der Waals surface area (Å²) in [6.07, 6.45) is 7.46. The molecule has 1 heterocycles. The van der Waals surface area contributed by atoms with Gasteiger partial charge in [0.05, 0.1) is 11.0 Å². The zero-order valence-electron chi connectivity index (χ0n) is 18.2. The topological polar surface area (TPSA) is 57.5 Å². The van der Waals surface area contributed by atoms with Crippen LogP contribution >= 0.6 is 0 Å². The minimum Gasteiger partial charge on any atom is -0.356 e. The molecule has 0 aliphatic carbocycles. The summed E-state index contributed by atoms with van der Waals surface area (Å²) >= 11 is 0. The van der Waals surface area contributed by atoms with Gasteiger partial charge >= 0.3 is 0 Å². The van der Waals surface area contributed by atoms with Crippen molar-refractivity contribution in [1.29, 1.82) is 0 Å². The van der Waals surface area contributed by atoms with Crippen molar-refractivity contribution in [3.05, 3.63) is 30.1 Å². The van der Waals surface area contributed by atoms with Crippen LogP contribution in [-0.2, 0) is 6.54 Å². The quantitative estimate of drug-likeness (QED) is 0.333. The number of aryl methyl sites for hydroxylation is 2. The van der Waals surface area contributed by atoms with Crippen molar-refractivity contribution < 1.29 is 0 Å². The number of guanidine groups is 1. The van der Waals surface area contributed by atoms with Crippen molar-refractivity contribution in [2.24, 2.45) is 4.99 Å². The van der Waals surface area contributed by atoms with Crippen molar-refractivity contribution in [1.82, 2.24) is 25.1 Å². The fraction of sp³-hybridized carbons (Fsp3) is 0.636. The van der Waals surface area contributed by atoms with Crippen LogP contribution in [0.4, 0.5) is 0 Å². The van der Waals surface area contributed by atoms with Crippen LogP contribution in [0, 0.1) is 6.92 Å². The van der Waals surface area contributed by atoms with Crippen LogP contribution in [0.3, 0.4) is 0 Å². The summed E-state index contributed by atoms with van der Waals surface area (Å²) in [5, 5.41) is 6.85. The molecule has 6 heteroatoms. The van der Waals surface area contributed by atoms with Crippen molar-refractivity contribution >= 4 is 17.0 Å². The second-order valence-corrected chi connectivity index (χ2v) is 7.65. The van der Waals surface area contributed by atoms with E-state index >= 15 is 0 Å². The van der Waals surface area contributed by atoms with Gasteiger partial charge in [0.2, 0.25) is 0 Å². The third kappa shape index (κ3) is 7.50. The average molecular weight is 387 g/mol. The molecule has 2 rings (SSSR count). The number of imidazole rings is 1.